The summed E-state index contributed by atoms with van der Waals surface area (Å²) in [6.45, 7) is 0. The number of ether oxygens (including phenoxy) is 1. The maximum Gasteiger partial charge on any atom is 0.573 e. The van der Waals surface area contributed by atoms with Crippen LogP contribution in [0.4, 0.5) is 18.9 Å². The monoisotopic (exact) mass is 332 g/mol. The van der Waals surface area contributed by atoms with Gasteiger partial charge in [-0.1, -0.05) is 12.1 Å². The molecule has 0 atom stereocenters. The molecule has 1 aliphatic heterocycles. The Morgan fingerprint density at radius 3 is 2.08 bits per heavy atom. The van der Waals surface area contributed by atoms with Gasteiger partial charge in [-0.05, 0) is 24.3 Å². The van der Waals surface area contributed by atoms with Crippen LogP contribution in [0.15, 0.2) is 42.5 Å². The smallest absolute Gasteiger partial charge is 0.406 e. The number of nitriles is 1. The van der Waals surface area contributed by atoms with Gasteiger partial charge >= 0.3 is 6.36 Å². The van der Waals surface area contributed by atoms with Gasteiger partial charge in [0.25, 0.3) is 11.8 Å². The van der Waals surface area contributed by atoms with Crippen LogP contribution in [0.25, 0.3) is 0 Å². The number of carbonyl (C=O) groups is 2. The summed E-state index contributed by atoms with van der Waals surface area (Å²) in [4.78, 5) is 25.5. The van der Waals surface area contributed by atoms with E-state index in [9.17, 15) is 22.8 Å². The fraction of sp³-hybridized carbons (Fsp3) is 0.0625. The number of alkyl halides is 3. The molecular formula is C16H7F3N2O3. The number of amides is 2. The maximum atomic E-state index is 12.4. The predicted molar refractivity (Wildman–Crippen MR) is 75.4 cm³/mol. The Kier molecular flexibility index (Phi) is 3.49. The molecule has 0 fully saturated rings. The zero-order valence-corrected chi connectivity index (χ0v) is 11.8. The van der Waals surface area contributed by atoms with E-state index < -0.39 is 23.9 Å². The molecule has 1 aliphatic rings. The van der Waals surface area contributed by atoms with Crippen molar-refractivity contribution in [2.75, 3.05) is 4.90 Å². The second-order valence-corrected chi connectivity index (χ2v) is 4.83. The average molecular weight is 332 g/mol. The average Bonchev–Trinajstić information content (AvgIpc) is 2.78. The first-order chi connectivity index (χ1) is 11.3. The minimum atomic E-state index is -4.94. The van der Waals surface area contributed by atoms with Gasteiger partial charge in [0.2, 0.25) is 0 Å². The van der Waals surface area contributed by atoms with E-state index >= 15 is 0 Å². The quantitative estimate of drug-likeness (QED) is 0.792. The number of hydrogen-bond acceptors (Lipinski definition) is 4. The molecule has 1 heterocycles. The molecule has 3 rings (SSSR count). The van der Waals surface area contributed by atoms with Crippen LogP contribution in [0.2, 0.25) is 0 Å². The van der Waals surface area contributed by atoms with Gasteiger partial charge in [0.15, 0.2) is 0 Å². The highest BCUT2D eigenvalue weighted by molar-refractivity contribution is 6.34. The molecule has 0 bridgehead atoms. The third-order valence-corrected chi connectivity index (χ3v) is 3.36. The second-order valence-electron chi connectivity index (χ2n) is 4.83. The number of halogens is 3. The molecule has 120 valence electrons. The minimum absolute atomic E-state index is 0.119. The van der Waals surface area contributed by atoms with Crippen molar-refractivity contribution in [3.05, 3.63) is 59.2 Å². The van der Waals surface area contributed by atoms with Gasteiger partial charge in [-0.25, -0.2) is 4.90 Å². The highest BCUT2D eigenvalue weighted by atomic mass is 19.4. The molecule has 0 saturated carbocycles. The SMILES string of the molecule is N#Cc1ccc(OC(F)(F)F)cc1N1C(=O)c2ccccc2C1=O. The van der Waals surface area contributed by atoms with Crippen molar-refractivity contribution in [1.82, 2.24) is 0 Å². The normalized spacial score (nSPS) is 13.7. The zero-order chi connectivity index (χ0) is 17.5. The molecule has 8 heteroatoms. The van der Waals surface area contributed by atoms with E-state index in [0.29, 0.717) is 4.90 Å². The fourth-order valence-electron chi connectivity index (χ4n) is 2.40. The topological polar surface area (TPSA) is 70.4 Å². The second kappa shape index (κ2) is 5.38. The number of imide groups is 1. The lowest BCUT2D eigenvalue weighted by atomic mass is 10.1. The summed E-state index contributed by atoms with van der Waals surface area (Å²) in [5, 5.41) is 9.13. The summed E-state index contributed by atoms with van der Waals surface area (Å²) in [5.41, 5.74) is -0.147. The molecule has 0 unspecified atom stereocenters. The highest BCUT2D eigenvalue weighted by Crippen LogP contribution is 2.34. The lowest BCUT2D eigenvalue weighted by Crippen LogP contribution is -2.30. The molecule has 0 N–H and O–H groups in total. The molecule has 0 aromatic heterocycles. The highest BCUT2D eigenvalue weighted by Gasteiger charge is 2.38. The van der Waals surface area contributed by atoms with Crippen LogP contribution in [0.3, 0.4) is 0 Å². The summed E-state index contributed by atoms with van der Waals surface area (Å²) < 4.78 is 40.9. The van der Waals surface area contributed by atoms with Gasteiger partial charge in [-0.2, -0.15) is 5.26 Å². The first kappa shape index (κ1) is 15.6. The standard InChI is InChI=1S/C16H7F3N2O3/c17-16(18,19)24-10-6-5-9(8-20)13(7-10)21-14(22)11-3-1-2-4-12(11)15(21)23/h1-7H. The van der Waals surface area contributed by atoms with Gasteiger partial charge in [-0.15, -0.1) is 13.2 Å². The number of hydrogen-bond donors (Lipinski definition) is 0. The molecular weight excluding hydrogens is 325 g/mol. The minimum Gasteiger partial charge on any atom is -0.406 e. The van der Waals surface area contributed by atoms with Crippen molar-refractivity contribution < 1.29 is 27.5 Å². The molecule has 5 nitrogen and oxygen atoms in total. The number of carbonyl (C=O) groups excluding carboxylic acids is 2. The van der Waals surface area contributed by atoms with Gasteiger partial charge in [0.05, 0.1) is 22.4 Å². The summed E-state index contributed by atoms with van der Waals surface area (Å²) in [7, 11) is 0. The third-order valence-electron chi connectivity index (χ3n) is 3.36. The number of nitrogens with zero attached hydrogens (tertiary/aromatic N) is 2. The Morgan fingerprint density at radius 1 is 1.00 bits per heavy atom. The van der Waals surface area contributed by atoms with Crippen molar-refractivity contribution in [3.63, 3.8) is 0 Å². The van der Waals surface area contributed by atoms with Crippen molar-refractivity contribution in [2.45, 2.75) is 6.36 Å². The lowest BCUT2D eigenvalue weighted by Gasteiger charge is -2.17. The number of fused-ring (bicyclic) bond motifs is 1. The molecule has 24 heavy (non-hydrogen) atoms. The summed E-state index contributed by atoms with van der Waals surface area (Å²) in [6, 6.07) is 10.6. The lowest BCUT2D eigenvalue weighted by molar-refractivity contribution is -0.274. The molecule has 2 aromatic rings. The van der Waals surface area contributed by atoms with Gasteiger partial charge in [0.1, 0.15) is 11.8 Å². The van der Waals surface area contributed by atoms with Crippen LogP contribution in [-0.2, 0) is 0 Å². The van der Waals surface area contributed by atoms with Crippen LogP contribution in [0.5, 0.6) is 5.75 Å². The molecule has 0 aliphatic carbocycles. The van der Waals surface area contributed by atoms with Crippen LogP contribution in [0.1, 0.15) is 26.3 Å². The van der Waals surface area contributed by atoms with Crippen LogP contribution in [-0.4, -0.2) is 18.2 Å². The van der Waals surface area contributed by atoms with Crippen molar-refractivity contribution in [1.29, 1.82) is 5.26 Å². The first-order valence-corrected chi connectivity index (χ1v) is 6.59. The van der Waals surface area contributed by atoms with Crippen molar-refractivity contribution >= 4 is 17.5 Å². The summed E-state index contributed by atoms with van der Waals surface area (Å²) in [5.74, 6) is -2.06. The third kappa shape index (κ3) is 2.56. The first-order valence-electron chi connectivity index (χ1n) is 6.59. The Balaban J connectivity index is 2.10. The fourth-order valence-corrected chi connectivity index (χ4v) is 2.40. The van der Waals surface area contributed by atoms with Gasteiger partial charge < -0.3 is 4.74 Å². The Labute approximate surface area is 133 Å². The molecule has 2 amide bonds. The van der Waals surface area contributed by atoms with E-state index in [0.717, 1.165) is 18.2 Å². The summed E-state index contributed by atoms with van der Waals surface area (Å²) >= 11 is 0. The van der Waals surface area contributed by atoms with Crippen LogP contribution >= 0.6 is 0 Å². The molecule has 0 radical (unpaired) electrons. The van der Waals surface area contributed by atoms with Gasteiger partial charge in [-0.3, -0.25) is 9.59 Å². The maximum absolute atomic E-state index is 12.4. The van der Waals surface area contributed by atoms with Crippen molar-refractivity contribution in [2.24, 2.45) is 0 Å². The number of anilines is 1. The number of rotatable bonds is 2. The van der Waals surface area contributed by atoms with E-state index in [1.807, 2.05) is 0 Å². The van der Waals surface area contributed by atoms with Crippen molar-refractivity contribution in [3.8, 4) is 11.8 Å². The summed E-state index contributed by atoms with van der Waals surface area (Å²) in [6.07, 6.45) is -4.94. The van der Waals surface area contributed by atoms with Crippen LogP contribution < -0.4 is 9.64 Å². The molecule has 0 spiro atoms. The molecule has 0 saturated heterocycles. The van der Waals surface area contributed by atoms with E-state index in [1.165, 1.54) is 12.1 Å². The van der Waals surface area contributed by atoms with Crippen LogP contribution in [0, 0.1) is 11.3 Å². The zero-order valence-electron chi connectivity index (χ0n) is 11.8. The van der Waals surface area contributed by atoms with E-state index in [1.54, 1.807) is 18.2 Å². The van der Waals surface area contributed by atoms with E-state index in [-0.39, 0.29) is 22.4 Å². The molecule has 2 aromatic carbocycles. The predicted octanol–water partition coefficient (Wildman–Crippen LogP) is 3.26. The van der Waals surface area contributed by atoms with E-state index in [4.69, 9.17) is 5.26 Å². The van der Waals surface area contributed by atoms with Gasteiger partial charge in [0, 0.05) is 6.07 Å². The Bertz CT molecular complexity index is 865. The largest absolute Gasteiger partial charge is 0.573 e. The Hall–Kier alpha value is -3.34. The number of benzene rings is 2. The van der Waals surface area contributed by atoms with E-state index in [2.05, 4.69) is 4.74 Å². The Morgan fingerprint density at radius 2 is 1.58 bits per heavy atom.